The van der Waals surface area contributed by atoms with E-state index in [1.54, 1.807) is 11.9 Å². The maximum absolute atomic E-state index is 13.3. The second-order valence-corrected chi connectivity index (χ2v) is 8.35. The molecule has 0 spiro atoms. The van der Waals surface area contributed by atoms with Crippen molar-refractivity contribution in [3.63, 3.8) is 0 Å². The summed E-state index contributed by atoms with van der Waals surface area (Å²) < 4.78 is 32.1. The van der Waals surface area contributed by atoms with E-state index in [2.05, 4.69) is 10.6 Å². The Morgan fingerprint density at radius 3 is 2.50 bits per heavy atom. The quantitative estimate of drug-likeness (QED) is 0.763. The number of carbonyl (C=O) groups is 2. The van der Waals surface area contributed by atoms with E-state index in [0.717, 1.165) is 45.0 Å². The van der Waals surface area contributed by atoms with Crippen LogP contribution >= 0.6 is 0 Å². The Morgan fingerprint density at radius 2 is 1.80 bits per heavy atom. The summed E-state index contributed by atoms with van der Waals surface area (Å²) >= 11 is 0. The Labute approximate surface area is 176 Å². The van der Waals surface area contributed by atoms with E-state index in [-0.39, 0.29) is 30.8 Å². The van der Waals surface area contributed by atoms with Crippen LogP contribution in [0.25, 0.3) is 0 Å². The highest BCUT2D eigenvalue weighted by molar-refractivity contribution is 5.85. The number of likely N-dealkylation sites (N-methyl/N-ethyl adjacent to an activating group) is 1. The van der Waals surface area contributed by atoms with E-state index in [1.807, 2.05) is 0 Å². The number of hydrogen-bond acceptors (Lipinski definition) is 4. The van der Waals surface area contributed by atoms with Crippen LogP contribution < -0.4 is 10.6 Å². The highest BCUT2D eigenvalue weighted by Crippen LogP contribution is 2.20. The number of hydrogen-bond donors (Lipinski definition) is 2. The Bertz CT molecular complexity index is 720. The molecule has 2 aliphatic rings. The summed E-state index contributed by atoms with van der Waals surface area (Å²) in [5.74, 6) is -2.12. The topological polar surface area (TPSA) is 70.7 Å². The van der Waals surface area contributed by atoms with Crippen LogP contribution in [-0.2, 0) is 20.9 Å². The van der Waals surface area contributed by atoms with Gasteiger partial charge in [0.25, 0.3) is 0 Å². The maximum Gasteiger partial charge on any atom is 0.223 e. The van der Waals surface area contributed by atoms with Crippen molar-refractivity contribution in [2.24, 2.45) is 5.92 Å². The van der Waals surface area contributed by atoms with Gasteiger partial charge in [0.15, 0.2) is 0 Å². The number of nitrogens with one attached hydrogen (secondary N) is 2. The largest absolute Gasteiger partial charge is 0.381 e. The van der Waals surface area contributed by atoms with Crippen LogP contribution in [0, 0.1) is 17.6 Å². The number of ether oxygens (including phenoxy) is 1. The molecule has 0 aliphatic carbocycles. The van der Waals surface area contributed by atoms with Gasteiger partial charge in [0.05, 0.1) is 0 Å². The zero-order valence-corrected chi connectivity index (χ0v) is 17.5. The molecule has 2 N–H and O–H groups in total. The number of benzene rings is 1. The standard InChI is InChI=1S/C22H31F2N3O3/c1-27-14-20(26-19-5-7-30-8-6-19)4-2-3-16(11-21(27)28)22(29)25-13-15-9-17(23)12-18(24)10-15/h9-10,12,16,19-20,26H,2-8,11,13-14H2,1H3,(H,25,29)/t16-,20-/m1/s1. The van der Waals surface area contributed by atoms with Gasteiger partial charge in [0.1, 0.15) is 11.6 Å². The van der Waals surface area contributed by atoms with Crippen molar-refractivity contribution in [2.45, 2.75) is 57.2 Å². The van der Waals surface area contributed by atoms with Crippen LogP contribution in [0.1, 0.15) is 44.1 Å². The molecule has 2 heterocycles. The normalized spacial score (nSPS) is 24.1. The van der Waals surface area contributed by atoms with E-state index < -0.39 is 17.6 Å². The zero-order chi connectivity index (χ0) is 21.5. The Morgan fingerprint density at radius 1 is 1.10 bits per heavy atom. The van der Waals surface area contributed by atoms with Gasteiger partial charge >= 0.3 is 0 Å². The Hall–Kier alpha value is -2.06. The van der Waals surface area contributed by atoms with Crippen molar-refractivity contribution in [2.75, 3.05) is 26.8 Å². The molecule has 0 unspecified atom stereocenters. The third-order valence-corrected chi connectivity index (χ3v) is 5.90. The molecule has 6 nitrogen and oxygen atoms in total. The number of halogens is 2. The summed E-state index contributed by atoms with van der Waals surface area (Å²) in [4.78, 5) is 27.0. The Balaban J connectivity index is 1.55. The summed E-state index contributed by atoms with van der Waals surface area (Å²) in [5, 5.41) is 6.39. The molecule has 2 saturated heterocycles. The van der Waals surface area contributed by atoms with Gasteiger partial charge in [0.2, 0.25) is 11.8 Å². The molecule has 0 saturated carbocycles. The summed E-state index contributed by atoms with van der Waals surface area (Å²) in [6.07, 6.45) is 4.40. The lowest BCUT2D eigenvalue weighted by Crippen LogP contribution is -2.47. The van der Waals surface area contributed by atoms with Crippen molar-refractivity contribution in [3.05, 3.63) is 35.4 Å². The van der Waals surface area contributed by atoms with Gasteiger partial charge < -0.3 is 20.3 Å². The molecular formula is C22H31F2N3O3. The minimum absolute atomic E-state index is 0.0297. The van der Waals surface area contributed by atoms with Crippen molar-refractivity contribution in [1.82, 2.24) is 15.5 Å². The van der Waals surface area contributed by atoms with E-state index >= 15 is 0 Å². The molecule has 2 amide bonds. The summed E-state index contributed by atoms with van der Waals surface area (Å²) in [5.41, 5.74) is 0.355. The van der Waals surface area contributed by atoms with Gasteiger partial charge in [0, 0.05) is 63.8 Å². The van der Waals surface area contributed by atoms with E-state index in [1.165, 1.54) is 12.1 Å². The van der Waals surface area contributed by atoms with Crippen LogP contribution in [-0.4, -0.2) is 55.6 Å². The molecule has 3 rings (SSSR count). The van der Waals surface area contributed by atoms with Crippen LogP contribution in [0.3, 0.4) is 0 Å². The number of nitrogens with zero attached hydrogens (tertiary/aromatic N) is 1. The minimum atomic E-state index is -0.679. The average Bonchev–Trinajstić information content (AvgIpc) is 2.76. The lowest BCUT2D eigenvalue weighted by molar-refractivity contribution is -0.135. The van der Waals surface area contributed by atoms with Crippen LogP contribution in [0.5, 0.6) is 0 Å². The molecule has 2 atom stereocenters. The van der Waals surface area contributed by atoms with Crippen molar-refractivity contribution in [3.8, 4) is 0 Å². The first kappa shape index (κ1) is 22.6. The Kier molecular flexibility index (Phi) is 8.16. The molecular weight excluding hydrogens is 392 g/mol. The summed E-state index contributed by atoms with van der Waals surface area (Å²) in [7, 11) is 1.77. The second kappa shape index (κ2) is 10.8. The molecule has 2 fully saturated rings. The molecule has 8 heteroatoms. The smallest absolute Gasteiger partial charge is 0.223 e. The SMILES string of the molecule is CN1C[C@H](NC2CCOCC2)CCC[C@@H](C(=O)NCc2cc(F)cc(F)c2)CC1=O. The third-order valence-electron chi connectivity index (χ3n) is 5.90. The zero-order valence-electron chi connectivity index (χ0n) is 17.5. The van der Waals surface area contributed by atoms with E-state index in [9.17, 15) is 18.4 Å². The fourth-order valence-corrected chi connectivity index (χ4v) is 4.21. The van der Waals surface area contributed by atoms with Gasteiger partial charge in [-0.15, -0.1) is 0 Å². The van der Waals surface area contributed by atoms with Crippen molar-refractivity contribution >= 4 is 11.8 Å². The van der Waals surface area contributed by atoms with Crippen molar-refractivity contribution < 1.29 is 23.1 Å². The number of amides is 2. The second-order valence-electron chi connectivity index (χ2n) is 8.35. The molecule has 1 aromatic carbocycles. The summed E-state index contributed by atoms with van der Waals surface area (Å²) in [6.45, 7) is 2.17. The van der Waals surface area contributed by atoms with Gasteiger partial charge in [-0.05, 0) is 43.4 Å². The van der Waals surface area contributed by atoms with Gasteiger partial charge in [-0.25, -0.2) is 8.78 Å². The monoisotopic (exact) mass is 423 g/mol. The first-order valence-electron chi connectivity index (χ1n) is 10.7. The highest BCUT2D eigenvalue weighted by atomic mass is 19.1. The molecule has 2 aliphatic heterocycles. The summed E-state index contributed by atoms with van der Waals surface area (Å²) in [6, 6.07) is 3.77. The average molecular weight is 424 g/mol. The molecule has 0 radical (unpaired) electrons. The lowest BCUT2D eigenvalue weighted by Gasteiger charge is -2.30. The van der Waals surface area contributed by atoms with E-state index in [4.69, 9.17) is 4.74 Å². The predicted molar refractivity (Wildman–Crippen MR) is 109 cm³/mol. The van der Waals surface area contributed by atoms with Gasteiger partial charge in [-0.3, -0.25) is 9.59 Å². The first-order valence-corrected chi connectivity index (χ1v) is 10.7. The maximum atomic E-state index is 13.3. The molecule has 0 aromatic heterocycles. The van der Waals surface area contributed by atoms with Gasteiger partial charge in [-0.2, -0.15) is 0 Å². The number of rotatable bonds is 5. The lowest BCUT2D eigenvalue weighted by atomic mass is 9.96. The molecule has 166 valence electrons. The van der Waals surface area contributed by atoms with Gasteiger partial charge in [-0.1, -0.05) is 6.42 Å². The molecule has 0 bridgehead atoms. The third kappa shape index (κ3) is 6.74. The molecule has 1 aromatic rings. The van der Waals surface area contributed by atoms with Crippen LogP contribution in [0.2, 0.25) is 0 Å². The van der Waals surface area contributed by atoms with Crippen LogP contribution in [0.15, 0.2) is 18.2 Å². The van der Waals surface area contributed by atoms with E-state index in [0.29, 0.717) is 24.6 Å². The predicted octanol–water partition coefficient (Wildman–Crippen LogP) is 2.37. The minimum Gasteiger partial charge on any atom is -0.381 e. The molecule has 30 heavy (non-hydrogen) atoms. The first-order chi connectivity index (χ1) is 14.4. The fraction of sp³-hybridized carbons (Fsp3) is 0.636. The highest BCUT2D eigenvalue weighted by Gasteiger charge is 2.28. The van der Waals surface area contributed by atoms with Crippen molar-refractivity contribution in [1.29, 1.82) is 0 Å². The van der Waals surface area contributed by atoms with Crippen LogP contribution in [0.4, 0.5) is 8.78 Å². The fourth-order valence-electron chi connectivity index (χ4n) is 4.21. The number of carbonyl (C=O) groups excluding carboxylic acids is 2.